The van der Waals surface area contributed by atoms with E-state index in [9.17, 15) is 0 Å². The van der Waals surface area contributed by atoms with Gasteiger partial charge in [0.25, 0.3) is 0 Å². The third-order valence-electron chi connectivity index (χ3n) is 2.16. The van der Waals surface area contributed by atoms with Gasteiger partial charge in [-0.05, 0) is 17.7 Å². The topological polar surface area (TPSA) is 63.3 Å². The van der Waals surface area contributed by atoms with Crippen molar-refractivity contribution in [3.8, 4) is 0 Å². The first-order valence-corrected chi connectivity index (χ1v) is 5.16. The number of rotatable bonds is 4. The largest absolute Gasteiger partial charge is 0.411 e. The summed E-state index contributed by atoms with van der Waals surface area (Å²) in [4.78, 5) is 0. The Bertz CT molecular complexity index is 516. The monoisotopic (exact) mass is 228 g/mol. The first-order chi connectivity index (χ1) is 8.38. The third kappa shape index (κ3) is 3.27. The summed E-state index contributed by atoms with van der Waals surface area (Å²) < 4.78 is 1.76. The number of allylic oxidation sites excluding steroid dienone is 1. The van der Waals surface area contributed by atoms with E-state index in [1.807, 2.05) is 36.5 Å². The lowest BCUT2D eigenvalue weighted by Crippen LogP contribution is -1.99. The highest BCUT2D eigenvalue weighted by Gasteiger charge is 1.97. The van der Waals surface area contributed by atoms with Crippen LogP contribution in [0.25, 0.3) is 6.08 Å². The van der Waals surface area contributed by atoms with Crippen LogP contribution in [0.15, 0.2) is 47.8 Å². The van der Waals surface area contributed by atoms with Crippen LogP contribution >= 0.6 is 0 Å². The summed E-state index contributed by atoms with van der Waals surface area (Å²) >= 11 is 0. The van der Waals surface area contributed by atoms with Crippen LogP contribution in [0, 0.1) is 0 Å². The Morgan fingerprint density at radius 1 is 1.29 bits per heavy atom. The molecule has 0 radical (unpaired) electrons. The molecule has 2 aromatic rings. The summed E-state index contributed by atoms with van der Waals surface area (Å²) in [5.41, 5.74) is 1.89. The molecule has 0 amide bonds. The summed E-state index contributed by atoms with van der Waals surface area (Å²) in [5.74, 6) is 0. The highest BCUT2D eigenvalue weighted by molar-refractivity contribution is 5.76. The Hall–Kier alpha value is -2.43. The molecule has 0 saturated heterocycles. The van der Waals surface area contributed by atoms with Crippen molar-refractivity contribution in [1.82, 2.24) is 15.0 Å². The van der Waals surface area contributed by atoms with Gasteiger partial charge < -0.3 is 5.21 Å². The van der Waals surface area contributed by atoms with Crippen LogP contribution in [0.2, 0.25) is 0 Å². The molecule has 17 heavy (non-hydrogen) atoms. The second kappa shape index (κ2) is 5.60. The van der Waals surface area contributed by atoms with Gasteiger partial charge in [0, 0.05) is 0 Å². The molecular weight excluding hydrogens is 216 g/mol. The number of oxime groups is 1. The van der Waals surface area contributed by atoms with Gasteiger partial charge in [-0.25, -0.2) is 4.68 Å². The van der Waals surface area contributed by atoms with Gasteiger partial charge in [-0.2, -0.15) is 0 Å². The summed E-state index contributed by atoms with van der Waals surface area (Å²) in [6, 6.07) is 10.0. The molecule has 0 aliphatic heterocycles. The molecule has 2 rings (SSSR count). The molecule has 0 aliphatic rings. The van der Waals surface area contributed by atoms with E-state index in [0.29, 0.717) is 6.54 Å². The molecule has 0 bridgehead atoms. The van der Waals surface area contributed by atoms with Gasteiger partial charge in [0.05, 0.1) is 19.0 Å². The Balaban J connectivity index is 2.04. The smallest absolute Gasteiger partial charge is 0.105 e. The van der Waals surface area contributed by atoms with Crippen molar-refractivity contribution in [3.63, 3.8) is 0 Å². The molecule has 0 fully saturated rings. The van der Waals surface area contributed by atoms with E-state index < -0.39 is 0 Å². The maximum absolute atomic E-state index is 8.22. The van der Waals surface area contributed by atoms with Gasteiger partial charge in [0.15, 0.2) is 0 Å². The highest BCUT2D eigenvalue weighted by atomic mass is 16.4. The highest BCUT2D eigenvalue weighted by Crippen LogP contribution is 2.02. The number of hydrogen-bond acceptors (Lipinski definition) is 4. The number of benzene rings is 1. The second-order valence-electron chi connectivity index (χ2n) is 3.45. The minimum Gasteiger partial charge on any atom is -0.411 e. The molecular formula is C12H12N4O. The third-order valence-corrected chi connectivity index (χ3v) is 2.16. The van der Waals surface area contributed by atoms with E-state index in [1.54, 1.807) is 16.8 Å². The summed E-state index contributed by atoms with van der Waals surface area (Å²) in [5, 5.41) is 19.0. The van der Waals surface area contributed by atoms with Crippen molar-refractivity contribution in [2.75, 3.05) is 0 Å². The van der Waals surface area contributed by atoms with Gasteiger partial charge in [-0.3, -0.25) is 0 Å². The molecule has 5 nitrogen and oxygen atoms in total. The lowest BCUT2D eigenvalue weighted by atomic mass is 10.2. The van der Waals surface area contributed by atoms with E-state index in [-0.39, 0.29) is 0 Å². The molecule has 1 N–H and O–H groups in total. The second-order valence-corrected chi connectivity index (χ2v) is 3.45. The number of aromatic nitrogens is 3. The van der Waals surface area contributed by atoms with E-state index in [0.717, 1.165) is 5.69 Å². The van der Waals surface area contributed by atoms with Gasteiger partial charge in [0.1, 0.15) is 5.69 Å². The average Bonchev–Trinajstić information content (AvgIpc) is 2.79. The fourth-order valence-electron chi connectivity index (χ4n) is 1.42. The van der Waals surface area contributed by atoms with Crippen molar-refractivity contribution < 1.29 is 5.21 Å². The predicted octanol–water partition coefficient (Wildman–Crippen LogP) is 1.80. The molecule has 86 valence electrons. The fraction of sp³-hybridized carbons (Fsp3) is 0.0833. The Labute approximate surface area is 98.7 Å². The normalized spacial score (nSPS) is 11.5. The average molecular weight is 228 g/mol. The van der Waals surface area contributed by atoms with Crippen LogP contribution in [-0.2, 0) is 6.54 Å². The van der Waals surface area contributed by atoms with Crippen LogP contribution in [0.5, 0.6) is 0 Å². The zero-order chi connectivity index (χ0) is 11.9. The van der Waals surface area contributed by atoms with Crippen LogP contribution in [-0.4, -0.2) is 26.4 Å². The Morgan fingerprint density at radius 3 is 2.88 bits per heavy atom. The van der Waals surface area contributed by atoms with Crippen molar-refractivity contribution in [2.24, 2.45) is 5.16 Å². The minimum absolute atomic E-state index is 0.690. The fourth-order valence-corrected chi connectivity index (χ4v) is 1.42. The van der Waals surface area contributed by atoms with Crippen molar-refractivity contribution in [1.29, 1.82) is 0 Å². The molecule has 1 aromatic heterocycles. The van der Waals surface area contributed by atoms with Gasteiger partial charge >= 0.3 is 0 Å². The SMILES string of the molecule is ON=CC=Cc1cn(Cc2ccccc2)nn1. The summed E-state index contributed by atoms with van der Waals surface area (Å²) in [7, 11) is 0. The standard InChI is InChI=1S/C12H12N4O/c17-13-8-4-7-12-10-16(15-14-12)9-11-5-2-1-3-6-11/h1-8,10,17H,9H2. The van der Waals surface area contributed by atoms with Crippen LogP contribution < -0.4 is 0 Å². The quantitative estimate of drug-likeness (QED) is 0.493. The van der Waals surface area contributed by atoms with E-state index >= 15 is 0 Å². The van der Waals surface area contributed by atoms with E-state index in [4.69, 9.17) is 5.21 Å². The maximum atomic E-state index is 8.22. The van der Waals surface area contributed by atoms with Gasteiger partial charge in [-0.15, -0.1) is 5.10 Å². The van der Waals surface area contributed by atoms with Crippen molar-refractivity contribution in [2.45, 2.75) is 6.54 Å². The zero-order valence-electron chi connectivity index (χ0n) is 9.14. The molecule has 5 heteroatoms. The zero-order valence-corrected chi connectivity index (χ0v) is 9.14. The number of hydrogen-bond donors (Lipinski definition) is 1. The lowest BCUT2D eigenvalue weighted by Gasteiger charge is -1.98. The first-order valence-electron chi connectivity index (χ1n) is 5.16. The van der Waals surface area contributed by atoms with Crippen molar-refractivity contribution in [3.05, 3.63) is 53.9 Å². The molecule has 0 spiro atoms. The predicted molar refractivity (Wildman–Crippen MR) is 64.9 cm³/mol. The number of nitrogens with zero attached hydrogens (tertiary/aromatic N) is 4. The van der Waals surface area contributed by atoms with E-state index in [2.05, 4.69) is 15.5 Å². The van der Waals surface area contributed by atoms with Gasteiger partial charge in [-0.1, -0.05) is 40.7 Å². The summed E-state index contributed by atoms with van der Waals surface area (Å²) in [6.07, 6.45) is 6.41. The van der Waals surface area contributed by atoms with Crippen molar-refractivity contribution >= 4 is 12.3 Å². The Kier molecular flexibility index (Phi) is 3.64. The first kappa shape index (κ1) is 11.1. The van der Waals surface area contributed by atoms with Gasteiger partial charge in [0.2, 0.25) is 0 Å². The molecule has 0 aliphatic carbocycles. The molecule has 0 saturated carbocycles. The van der Waals surface area contributed by atoms with Crippen LogP contribution in [0.4, 0.5) is 0 Å². The maximum Gasteiger partial charge on any atom is 0.105 e. The summed E-state index contributed by atoms with van der Waals surface area (Å²) in [6.45, 7) is 0.690. The molecule has 0 atom stereocenters. The Morgan fingerprint density at radius 2 is 2.12 bits per heavy atom. The van der Waals surface area contributed by atoms with E-state index in [1.165, 1.54) is 11.8 Å². The van der Waals surface area contributed by atoms with Crippen LogP contribution in [0.1, 0.15) is 11.3 Å². The minimum atomic E-state index is 0.690. The molecule has 1 aromatic carbocycles. The molecule has 1 heterocycles. The lowest BCUT2D eigenvalue weighted by molar-refractivity contribution is 0.322. The molecule has 0 unspecified atom stereocenters. The van der Waals surface area contributed by atoms with Crippen LogP contribution in [0.3, 0.4) is 0 Å².